The van der Waals surface area contributed by atoms with Gasteiger partial charge in [-0.15, -0.1) is 0 Å². The molecule has 2 rings (SSSR count). The van der Waals surface area contributed by atoms with Gasteiger partial charge in [0.05, 0.1) is 5.71 Å². The summed E-state index contributed by atoms with van der Waals surface area (Å²) in [6.07, 6.45) is 0.376. The highest BCUT2D eigenvalue weighted by Gasteiger charge is 2.67. The van der Waals surface area contributed by atoms with Crippen LogP contribution in [-0.4, -0.2) is 34.9 Å². The largest absolute Gasteiger partial charge is 0.459 e. The zero-order chi connectivity index (χ0) is 16.1. The second-order valence-corrected chi connectivity index (χ2v) is 6.38. The van der Waals surface area contributed by atoms with Gasteiger partial charge in [-0.2, -0.15) is 5.10 Å². The van der Waals surface area contributed by atoms with Gasteiger partial charge in [-0.25, -0.2) is 10.2 Å². The molecule has 8 nitrogen and oxygen atoms in total. The number of urea groups is 1. The molecule has 116 valence electrons. The number of ether oxygens (including phenoxy) is 2. The lowest BCUT2D eigenvalue weighted by atomic mass is 9.75. The van der Waals surface area contributed by atoms with Gasteiger partial charge in [-0.1, -0.05) is 0 Å². The molecule has 2 atom stereocenters. The molecular formula is C13H19N3O5. The zero-order valence-corrected chi connectivity index (χ0v) is 12.5. The van der Waals surface area contributed by atoms with Crippen molar-refractivity contribution in [2.24, 2.45) is 16.3 Å². The summed E-state index contributed by atoms with van der Waals surface area (Å²) in [6, 6.07) is -0.821. The molecule has 2 saturated heterocycles. The number of carbonyl (C=O) groups is 3. The fraction of sp³-hybridized carbons (Fsp3) is 0.692. The predicted octanol–water partition coefficient (Wildman–Crippen LogP) is 0.448. The van der Waals surface area contributed by atoms with Gasteiger partial charge >= 0.3 is 18.0 Å². The molecule has 0 saturated carbocycles. The summed E-state index contributed by atoms with van der Waals surface area (Å²) in [5.41, 5.74) is 4.28. The maximum Gasteiger partial charge on any atom is 0.332 e. The predicted molar refractivity (Wildman–Crippen MR) is 72.2 cm³/mol. The lowest BCUT2D eigenvalue weighted by Gasteiger charge is -2.22. The summed E-state index contributed by atoms with van der Waals surface area (Å²) < 4.78 is 10.6. The molecule has 0 unspecified atom stereocenters. The minimum absolute atomic E-state index is 0.122. The molecule has 0 aromatic rings. The first kappa shape index (κ1) is 15.3. The molecule has 21 heavy (non-hydrogen) atoms. The molecule has 8 heteroatoms. The van der Waals surface area contributed by atoms with Gasteiger partial charge in [-0.05, 0) is 27.7 Å². The molecule has 2 fully saturated rings. The first-order valence-electron chi connectivity index (χ1n) is 6.58. The van der Waals surface area contributed by atoms with Crippen LogP contribution in [0.4, 0.5) is 4.79 Å². The van der Waals surface area contributed by atoms with Crippen LogP contribution in [0.3, 0.4) is 0 Å². The van der Waals surface area contributed by atoms with E-state index in [-0.39, 0.29) is 12.8 Å². The molecular weight excluding hydrogens is 278 g/mol. The Hall–Kier alpha value is -2.12. The highest BCUT2D eigenvalue weighted by atomic mass is 16.6. The normalized spacial score (nSPS) is 34.8. The smallest absolute Gasteiger partial charge is 0.332 e. The first-order chi connectivity index (χ1) is 9.51. The van der Waals surface area contributed by atoms with Crippen molar-refractivity contribution in [2.45, 2.75) is 51.7 Å². The monoisotopic (exact) mass is 297 g/mol. The quantitative estimate of drug-likeness (QED) is 0.332. The van der Waals surface area contributed by atoms with Crippen LogP contribution in [-0.2, 0) is 19.1 Å². The standard InChI is InChI=1S/C13H19N3O5/c1-7(15-16-10(14)19)12(4)6-13(9(18)21-12)5-11(2,3)20-8(13)17/h5-6H2,1-4H3,(H3,14,16,19)/b15-7-/t12-,13-/m1/s1. The Labute approximate surface area is 122 Å². The van der Waals surface area contributed by atoms with Gasteiger partial charge < -0.3 is 15.2 Å². The van der Waals surface area contributed by atoms with Crippen LogP contribution >= 0.6 is 0 Å². The summed E-state index contributed by atoms with van der Waals surface area (Å²) in [6.45, 7) is 6.73. The number of esters is 2. The number of nitrogens with one attached hydrogen (secondary N) is 1. The third kappa shape index (κ3) is 2.45. The number of nitrogens with zero attached hydrogens (tertiary/aromatic N) is 1. The van der Waals surface area contributed by atoms with Crippen molar-refractivity contribution < 1.29 is 23.9 Å². The van der Waals surface area contributed by atoms with Crippen molar-refractivity contribution in [2.75, 3.05) is 0 Å². The van der Waals surface area contributed by atoms with E-state index in [0.717, 1.165) is 0 Å². The molecule has 0 aromatic carbocycles. The fourth-order valence-corrected chi connectivity index (χ4v) is 2.92. The van der Waals surface area contributed by atoms with Crippen LogP contribution in [0, 0.1) is 5.41 Å². The average Bonchev–Trinajstić information content (AvgIpc) is 2.71. The van der Waals surface area contributed by atoms with E-state index in [1.807, 2.05) is 0 Å². The molecule has 2 aliphatic heterocycles. The second-order valence-electron chi connectivity index (χ2n) is 6.38. The number of cyclic esters (lactones) is 2. The van der Waals surface area contributed by atoms with Crippen LogP contribution in [0.25, 0.3) is 0 Å². The van der Waals surface area contributed by atoms with E-state index in [0.29, 0.717) is 5.71 Å². The van der Waals surface area contributed by atoms with Gasteiger partial charge in [0, 0.05) is 12.8 Å². The van der Waals surface area contributed by atoms with Crippen molar-refractivity contribution in [3.63, 3.8) is 0 Å². The topological polar surface area (TPSA) is 120 Å². The SMILES string of the molecule is C/C(=N/NC(N)=O)[C@@]1(C)C[C@@]2(CC(C)(C)OC2=O)C(=O)O1. The average molecular weight is 297 g/mol. The van der Waals surface area contributed by atoms with E-state index in [2.05, 4.69) is 10.5 Å². The zero-order valence-electron chi connectivity index (χ0n) is 12.5. The molecule has 0 aromatic heterocycles. The third-order valence-corrected chi connectivity index (χ3v) is 3.93. The highest BCUT2D eigenvalue weighted by molar-refractivity contribution is 6.07. The van der Waals surface area contributed by atoms with E-state index in [4.69, 9.17) is 15.2 Å². The Balaban J connectivity index is 2.29. The molecule has 2 amide bonds. The Morgan fingerprint density at radius 2 is 1.76 bits per heavy atom. The fourth-order valence-electron chi connectivity index (χ4n) is 2.92. The van der Waals surface area contributed by atoms with Gasteiger partial charge in [0.15, 0.2) is 11.0 Å². The Morgan fingerprint density at radius 3 is 2.24 bits per heavy atom. The van der Waals surface area contributed by atoms with Crippen molar-refractivity contribution in [3.05, 3.63) is 0 Å². The van der Waals surface area contributed by atoms with Crippen molar-refractivity contribution >= 4 is 23.7 Å². The summed E-state index contributed by atoms with van der Waals surface area (Å²) >= 11 is 0. The Morgan fingerprint density at radius 1 is 1.19 bits per heavy atom. The Kier molecular flexibility index (Phi) is 3.23. The van der Waals surface area contributed by atoms with Crippen LogP contribution in [0.15, 0.2) is 5.10 Å². The number of hydrogen-bond donors (Lipinski definition) is 2. The van der Waals surface area contributed by atoms with E-state index in [9.17, 15) is 14.4 Å². The summed E-state index contributed by atoms with van der Waals surface area (Å²) in [5, 5.41) is 3.79. The number of hydrazone groups is 1. The van der Waals surface area contributed by atoms with Crippen molar-refractivity contribution in [1.82, 2.24) is 5.43 Å². The number of nitrogens with two attached hydrogens (primary N) is 1. The number of primary amides is 1. The second kappa shape index (κ2) is 4.44. The van der Waals surface area contributed by atoms with Gasteiger partial charge in [0.25, 0.3) is 0 Å². The lowest BCUT2D eigenvalue weighted by molar-refractivity contribution is -0.160. The number of amides is 2. The minimum atomic E-state index is -1.30. The molecule has 0 radical (unpaired) electrons. The van der Waals surface area contributed by atoms with Crippen molar-refractivity contribution in [3.8, 4) is 0 Å². The van der Waals surface area contributed by atoms with E-state index in [1.165, 1.54) is 0 Å². The Bertz CT molecular complexity index is 556. The highest BCUT2D eigenvalue weighted by Crippen LogP contribution is 2.51. The summed E-state index contributed by atoms with van der Waals surface area (Å²) in [4.78, 5) is 35.1. The van der Waals surface area contributed by atoms with Crippen LogP contribution in [0.2, 0.25) is 0 Å². The van der Waals surface area contributed by atoms with Gasteiger partial charge in [0.2, 0.25) is 0 Å². The van der Waals surface area contributed by atoms with E-state index < -0.39 is 34.6 Å². The van der Waals surface area contributed by atoms with Gasteiger partial charge in [0.1, 0.15) is 5.60 Å². The molecule has 0 bridgehead atoms. The van der Waals surface area contributed by atoms with E-state index in [1.54, 1.807) is 27.7 Å². The maximum absolute atomic E-state index is 12.3. The molecule has 1 spiro atoms. The lowest BCUT2D eigenvalue weighted by Crippen LogP contribution is -2.37. The van der Waals surface area contributed by atoms with E-state index >= 15 is 0 Å². The molecule has 2 heterocycles. The van der Waals surface area contributed by atoms with Gasteiger partial charge in [-0.3, -0.25) is 9.59 Å². The molecule has 2 aliphatic rings. The van der Waals surface area contributed by atoms with Crippen molar-refractivity contribution in [1.29, 1.82) is 0 Å². The van der Waals surface area contributed by atoms with Crippen LogP contribution < -0.4 is 11.2 Å². The molecule has 3 N–H and O–H groups in total. The number of rotatable bonds is 2. The summed E-state index contributed by atoms with van der Waals surface area (Å²) in [7, 11) is 0. The maximum atomic E-state index is 12.3. The molecule has 0 aliphatic carbocycles. The first-order valence-corrected chi connectivity index (χ1v) is 6.58. The third-order valence-electron chi connectivity index (χ3n) is 3.93. The minimum Gasteiger partial charge on any atom is -0.459 e. The number of hydrogen-bond acceptors (Lipinski definition) is 6. The van der Waals surface area contributed by atoms with Crippen LogP contribution in [0.1, 0.15) is 40.5 Å². The summed E-state index contributed by atoms with van der Waals surface area (Å²) in [5.74, 6) is -1.19. The number of carbonyl (C=O) groups excluding carboxylic acids is 3. The van der Waals surface area contributed by atoms with Crippen LogP contribution in [0.5, 0.6) is 0 Å².